The first-order valence-electron chi connectivity index (χ1n) is 8.70. The molecule has 4 heteroatoms. The Morgan fingerprint density at radius 2 is 2.21 bits per heavy atom. The van der Waals surface area contributed by atoms with Crippen molar-refractivity contribution in [2.24, 2.45) is 5.92 Å². The molecular formula is C20H25ClN2O. The minimum Gasteiger partial charge on any atom is -0.351 e. The van der Waals surface area contributed by atoms with Gasteiger partial charge in [-0.3, -0.25) is 4.79 Å². The van der Waals surface area contributed by atoms with Crippen LogP contribution in [0.4, 0.5) is 0 Å². The number of aromatic nitrogens is 1. The molecule has 0 aliphatic carbocycles. The van der Waals surface area contributed by atoms with Gasteiger partial charge in [0.2, 0.25) is 0 Å². The van der Waals surface area contributed by atoms with Crippen LogP contribution in [-0.4, -0.2) is 35.8 Å². The molecule has 0 bridgehead atoms. The summed E-state index contributed by atoms with van der Waals surface area (Å²) in [5, 5.41) is 1.67. The van der Waals surface area contributed by atoms with E-state index in [1.807, 2.05) is 18.2 Å². The summed E-state index contributed by atoms with van der Waals surface area (Å²) in [5.41, 5.74) is 2.65. The van der Waals surface area contributed by atoms with E-state index in [0.29, 0.717) is 23.1 Å². The van der Waals surface area contributed by atoms with E-state index in [1.165, 1.54) is 6.42 Å². The van der Waals surface area contributed by atoms with Crippen LogP contribution in [0.3, 0.4) is 0 Å². The number of nitrogens with zero attached hydrogens (tertiary/aromatic N) is 1. The lowest BCUT2D eigenvalue weighted by Gasteiger charge is -2.13. The number of ketones is 1. The van der Waals surface area contributed by atoms with Gasteiger partial charge in [0, 0.05) is 11.8 Å². The Balaban J connectivity index is 1.77. The maximum atomic E-state index is 12.7. The molecule has 3 nitrogen and oxygen atoms in total. The van der Waals surface area contributed by atoms with Crippen LogP contribution >= 0.6 is 11.6 Å². The Labute approximate surface area is 148 Å². The van der Waals surface area contributed by atoms with E-state index in [9.17, 15) is 4.79 Å². The molecule has 3 rings (SSSR count). The third kappa shape index (κ3) is 3.90. The van der Waals surface area contributed by atoms with Crippen molar-refractivity contribution >= 4 is 28.3 Å². The molecule has 24 heavy (non-hydrogen) atoms. The maximum Gasteiger partial charge on any atom is 0.179 e. The molecule has 1 N–H and O–H groups in total. The number of likely N-dealkylation sites (tertiary alicyclic amines) is 1. The van der Waals surface area contributed by atoms with Gasteiger partial charge in [0.25, 0.3) is 0 Å². The number of carbonyl (C=O) groups excluding carboxylic acids is 1. The molecule has 1 fully saturated rings. The van der Waals surface area contributed by atoms with Gasteiger partial charge < -0.3 is 9.88 Å². The van der Waals surface area contributed by atoms with Crippen molar-refractivity contribution in [2.45, 2.75) is 32.1 Å². The summed E-state index contributed by atoms with van der Waals surface area (Å²) in [7, 11) is 2.16. The molecule has 2 heterocycles. The number of carbonyl (C=O) groups is 1. The van der Waals surface area contributed by atoms with Gasteiger partial charge in [-0.25, -0.2) is 0 Å². The summed E-state index contributed by atoms with van der Waals surface area (Å²) in [5.74, 6) is 0.683. The number of Topliss-reactive ketones (excluding diaryl/α,β-unsaturated/α-hetero) is 1. The van der Waals surface area contributed by atoms with E-state index in [4.69, 9.17) is 11.6 Å². The standard InChI is InChI=1S/C20H25ClN2O/c1-3-5-15-10-16-13-18(22-20(16)17(21)11-15)19(24)12-14-6-4-8-23(2)9-7-14/h3,10-11,13-14,22H,1,4-9,12H2,2H3. The number of H-pyrrole nitrogens is 1. The maximum absolute atomic E-state index is 12.7. The molecule has 1 unspecified atom stereocenters. The fourth-order valence-corrected chi connectivity index (χ4v) is 3.87. The quantitative estimate of drug-likeness (QED) is 0.621. The van der Waals surface area contributed by atoms with Crippen LogP contribution in [0.15, 0.2) is 30.9 Å². The molecule has 0 radical (unpaired) electrons. The van der Waals surface area contributed by atoms with Gasteiger partial charge in [-0.1, -0.05) is 17.7 Å². The average Bonchev–Trinajstić information content (AvgIpc) is 2.87. The average molecular weight is 345 g/mol. The second-order valence-electron chi connectivity index (χ2n) is 6.95. The predicted octanol–water partition coefficient (Wildman–Crippen LogP) is 4.85. The second-order valence-corrected chi connectivity index (χ2v) is 7.35. The van der Waals surface area contributed by atoms with E-state index in [-0.39, 0.29) is 5.78 Å². The van der Waals surface area contributed by atoms with Crippen LogP contribution in [0, 0.1) is 5.92 Å². The molecule has 1 atom stereocenters. The van der Waals surface area contributed by atoms with Crippen LogP contribution in [0.25, 0.3) is 10.9 Å². The highest BCUT2D eigenvalue weighted by Gasteiger charge is 2.20. The third-order valence-corrected chi connectivity index (χ3v) is 5.26. The van der Waals surface area contributed by atoms with E-state index < -0.39 is 0 Å². The summed E-state index contributed by atoms with van der Waals surface area (Å²) < 4.78 is 0. The Kier molecular flexibility index (Phi) is 5.42. The molecule has 1 aromatic heterocycles. The molecule has 1 saturated heterocycles. The van der Waals surface area contributed by atoms with Gasteiger partial charge in [0.05, 0.1) is 16.2 Å². The molecule has 128 valence electrons. The Morgan fingerprint density at radius 3 is 3.00 bits per heavy atom. The lowest BCUT2D eigenvalue weighted by atomic mass is 9.94. The summed E-state index contributed by atoms with van der Waals surface area (Å²) in [6, 6.07) is 5.97. The zero-order chi connectivity index (χ0) is 17.1. The fraction of sp³-hybridized carbons (Fsp3) is 0.450. The zero-order valence-corrected chi connectivity index (χ0v) is 15.0. The van der Waals surface area contributed by atoms with Crippen molar-refractivity contribution in [3.8, 4) is 0 Å². The molecule has 0 spiro atoms. The molecule has 0 amide bonds. The number of benzene rings is 1. The second kappa shape index (κ2) is 7.54. The van der Waals surface area contributed by atoms with Crippen molar-refractivity contribution < 1.29 is 4.79 Å². The zero-order valence-electron chi connectivity index (χ0n) is 14.3. The minimum atomic E-state index is 0.196. The largest absolute Gasteiger partial charge is 0.351 e. The number of aromatic amines is 1. The number of halogens is 1. The number of allylic oxidation sites excluding steroid dienone is 1. The lowest BCUT2D eigenvalue weighted by Crippen LogP contribution is -2.19. The van der Waals surface area contributed by atoms with Crippen LogP contribution in [0.1, 0.15) is 41.7 Å². The number of rotatable bonds is 5. The smallest absolute Gasteiger partial charge is 0.179 e. The first kappa shape index (κ1) is 17.2. The van der Waals surface area contributed by atoms with Gasteiger partial charge >= 0.3 is 0 Å². The fourth-order valence-electron chi connectivity index (χ4n) is 3.58. The van der Waals surface area contributed by atoms with E-state index in [0.717, 1.165) is 48.8 Å². The van der Waals surface area contributed by atoms with E-state index in [1.54, 1.807) is 0 Å². The first-order chi connectivity index (χ1) is 11.6. The number of fused-ring (bicyclic) bond motifs is 1. The van der Waals surface area contributed by atoms with Crippen molar-refractivity contribution in [1.82, 2.24) is 9.88 Å². The molecular weight excluding hydrogens is 320 g/mol. The summed E-state index contributed by atoms with van der Waals surface area (Å²) in [6.45, 7) is 5.99. The number of hydrogen-bond acceptors (Lipinski definition) is 2. The predicted molar refractivity (Wildman–Crippen MR) is 101 cm³/mol. The summed E-state index contributed by atoms with van der Waals surface area (Å²) in [4.78, 5) is 18.3. The molecule has 1 aliphatic rings. The van der Waals surface area contributed by atoms with Crippen LogP contribution in [0.2, 0.25) is 5.02 Å². The Morgan fingerprint density at radius 1 is 1.38 bits per heavy atom. The number of hydrogen-bond donors (Lipinski definition) is 1. The normalized spacial score (nSPS) is 19.3. The van der Waals surface area contributed by atoms with E-state index >= 15 is 0 Å². The van der Waals surface area contributed by atoms with Crippen LogP contribution < -0.4 is 0 Å². The third-order valence-electron chi connectivity index (χ3n) is 4.97. The van der Waals surface area contributed by atoms with Crippen LogP contribution in [0.5, 0.6) is 0 Å². The molecule has 1 aliphatic heterocycles. The number of nitrogens with one attached hydrogen (secondary N) is 1. The molecule has 2 aromatic rings. The van der Waals surface area contributed by atoms with Crippen molar-refractivity contribution in [2.75, 3.05) is 20.1 Å². The van der Waals surface area contributed by atoms with Gasteiger partial charge in [-0.05, 0) is 75.5 Å². The van der Waals surface area contributed by atoms with Crippen molar-refractivity contribution in [1.29, 1.82) is 0 Å². The highest BCUT2D eigenvalue weighted by Crippen LogP contribution is 2.28. The van der Waals surface area contributed by atoms with Gasteiger partial charge in [-0.15, -0.1) is 6.58 Å². The van der Waals surface area contributed by atoms with Crippen molar-refractivity contribution in [3.05, 3.63) is 47.1 Å². The summed E-state index contributed by atoms with van der Waals surface area (Å²) in [6.07, 6.45) is 6.68. The highest BCUT2D eigenvalue weighted by atomic mass is 35.5. The van der Waals surface area contributed by atoms with Crippen molar-refractivity contribution in [3.63, 3.8) is 0 Å². The Bertz CT molecular complexity index is 749. The topological polar surface area (TPSA) is 36.1 Å². The first-order valence-corrected chi connectivity index (χ1v) is 9.08. The van der Waals surface area contributed by atoms with E-state index in [2.05, 4.69) is 29.6 Å². The molecule has 1 aromatic carbocycles. The monoisotopic (exact) mass is 344 g/mol. The van der Waals surface area contributed by atoms with Crippen LogP contribution in [-0.2, 0) is 6.42 Å². The SMILES string of the molecule is C=CCc1cc(Cl)c2[nH]c(C(=O)CC3CCCN(C)CC3)cc2c1. The summed E-state index contributed by atoms with van der Waals surface area (Å²) >= 11 is 6.36. The van der Waals surface area contributed by atoms with Gasteiger partial charge in [0.1, 0.15) is 0 Å². The van der Waals surface area contributed by atoms with Gasteiger partial charge in [0.15, 0.2) is 5.78 Å². The minimum absolute atomic E-state index is 0.196. The lowest BCUT2D eigenvalue weighted by molar-refractivity contribution is 0.0953. The van der Waals surface area contributed by atoms with Gasteiger partial charge in [-0.2, -0.15) is 0 Å². The Hall–Kier alpha value is -1.58. The highest BCUT2D eigenvalue weighted by molar-refractivity contribution is 6.35. The molecule has 0 saturated carbocycles.